The van der Waals surface area contributed by atoms with E-state index in [0.717, 1.165) is 83.2 Å². The van der Waals surface area contributed by atoms with E-state index in [0.29, 0.717) is 16.9 Å². The number of amides is 2. The van der Waals surface area contributed by atoms with E-state index in [2.05, 4.69) is 11.4 Å². The van der Waals surface area contributed by atoms with Gasteiger partial charge < -0.3 is 15.0 Å². The third-order valence-corrected chi connectivity index (χ3v) is 8.72. The predicted molar refractivity (Wildman–Crippen MR) is 129 cm³/mol. The molecule has 1 N–H and O–H groups in total. The normalized spacial score (nSPS) is 25.8. The third-order valence-electron chi connectivity index (χ3n) is 8.72. The van der Waals surface area contributed by atoms with Crippen LogP contribution in [0.1, 0.15) is 86.6 Å². The summed E-state index contributed by atoms with van der Waals surface area (Å²) in [7, 11) is 0. The molecular formula is C28H38N2O4. The highest BCUT2D eigenvalue weighted by Gasteiger charge is 2.53. The van der Waals surface area contributed by atoms with Crippen molar-refractivity contribution in [1.82, 2.24) is 10.2 Å². The molecule has 5 rings (SSSR count). The number of carbonyl (C=O) groups excluding carboxylic acids is 3. The highest BCUT2D eigenvalue weighted by Crippen LogP contribution is 2.51. The topological polar surface area (TPSA) is 75.7 Å². The van der Waals surface area contributed by atoms with E-state index in [9.17, 15) is 14.4 Å². The van der Waals surface area contributed by atoms with Crippen LogP contribution < -0.4 is 5.32 Å². The van der Waals surface area contributed by atoms with Gasteiger partial charge in [-0.05, 0) is 69.1 Å². The summed E-state index contributed by atoms with van der Waals surface area (Å²) in [6.07, 6.45) is 9.45. The van der Waals surface area contributed by atoms with E-state index < -0.39 is 6.04 Å². The highest BCUT2D eigenvalue weighted by atomic mass is 16.5. The summed E-state index contributed by atoms with van der Waals surface area (Å²) in [4.78, 5) is 40.5. The smallest absolute Gasteiger partial charge is 0.251 e. The second-order valence-electron chi connectivity index (χ2n) is 11.3. The van der Waals surface area contributed by atoms with Gasteiger partial charge in [-0.3, -0.25) is 14.4 Å². The largest absolute Gasteiger partial charge is 0.380 e. The number of hydrogen-bond donors (Lipinski definition) is 1. The van der Waals surface area contributed by atoms with Gasteiger partial charge in [-0.15, -0.1) is 0 Å². The lowest BCUT2D eigenvalue weighted by Gasteiger charge is -2.53. The molecule has 1 aromatic carbocycles. The molecule has 1 spiro atoms. The van der Waals surface area contributed by atoms with Crippen LogP contribution in [0.5, 0.6) is 0 Å². The second-order valence-corrected chi connectivity index (χ2v) is 11.3. The lowest BCUT2D eigenvalue weighted by Crippen LogP contribution is -2.57. The molecule has 2 heterocycles. The van der Waals surface area contributed by atoms with Crippen molar-refractivity contribution >= 4 is 17.6 Å². The molecule has 6 heteroatoms. The molecule has 2 aliphatic heterocycles. The SMILES string of the molecule is CC(=O)[C@H](NC(=O)c1cccc(C2CCCN(C(=O)C3CC4(COC4)C3)C2)c1)C1CCCCC1. The fourth-order valence-corrected chi connectivity index (χ4v) is 6.67. The van der Waals surface area contributed by atoms with Crippen LogP contribution in [0.2, 0.25) is 0 Å². The number of nitrogens with zero attached hydrogens (tertiary/aromatic N) is 1. The Hall–Kier alpha value is -2.21. The van der Waals surface area contributed by atoms with Crippen molar-refractivity contribution < 1.29 is 19.1 Å². The number of nitrogens with one attached hydrogen (secondary N) is 1. The third kappa shape index (κ3) is 4.79. The van der Waals surface area contributed by atoms with Crippen LogP contribution in [-0.4, -0.2) is 54.8 Å². The molecule has 184 valence electrons. The van der Waals surface area contributed by atoms with Gasteiger partial charge in [0.05, 0.1) is 19.3 Å². The van der Waals surface area contributed by atoms with Crippen molar-refractivity contribution in [2.24, 2.45) is 17.3 Å². The first-order chi connectivity index (χ1) is 16.4. The maximum atomic E-state index is 13.1. The van der Waals surface area contributed by atoms with Crippen molar-refractivity contribution in [3.63, 3.8) is 0 Å². The zero-order valence-electron chi connectivity index (χ0n) is 20.4. The van der Waals surface area contributed by atoms with E-state index in [1.54, 1.807) is 6.92 Å². The van der Waals surface area contributed by atoms with Crippen molar-refractivity contribution in [2.45, 2.75) is 76.7 Å². The van der Waals surface area contributed by atoms with Crippen LogP contribution in [0.4, 0.5) is 0 Å². The van der Waals surface area contributed by atoms with Crippen LogP contribution in [0.25, 0.3) is 0 Å². The van der Waals surface area contributed by atoms with Gasteiger partial charge in [0.15, 0.2) is 5.78 Å². The molecule has 4 aliphatic rings. The lowest BCUT2D eigenvalue weighted by molar-refractivity contribution is -0.189. The monoisotopic (exact) mass is 466 g/mol. The van der Waals surface area contributed by atoms with Crippen LogP contribution >= 0.6 is 0 Å². The number of hydrogen-bond acceptors (Lipinski definition) is 4. The van der Waals surface area contributed by atoms with Gasteiger partial charge in [0.25, 0.3) is 5.91 Å². The Balaban J connectivity index is 1.21. The molecule has 0 bridgehead atoms. The fourth-order valence-electron chi connectivity index (χ4n) is 6.67. The number of likely N-dealkylation sites (tertiary alicyclic amines) is 1. The fraction of sp³-hybridized carbons (Fsp3) is 0.679. The van der Waals surface area contributed by atoms with Crippen LogP contribution in [0.3, 0.4) is 0 Å². The number of ketones is 1. The van der Waals surface area contributed by atoms with Gasteiger partial charge in [-0.1, -0.05) is 31.4 Å². The van der Waals surface area contributed by atoms with Crippen LogP contribution in [0.15, 0.2) is 24.3 Å². The first-order valence-electron chi connectivity index (χ1n) is 13.2. The van der Waals surface area contributed by atoms with Gasteiger partial charge in [-0.25, -0.2) is 0 Å². The zero-order valence-corrected chi connectivity index (χ0v) is 20.4. The Bertz CT molecular complexity index is 926. The van der Waals surface area contributed by atoms with E-state index in [1.165, 1.54) is 6.42 Å². The van der Waals surface area contributed by atoms with Crippen LogP contribution in [-0.2, 0) is 14.3 Å². The van der Waals surface area contributed by atoms with Crippen molar-refractivity contribution in [1.29, 1.82) is 0 Å². The Morgan fingerprint density at radius 3 is 2.50 bits per heavy atom. The number of ether oxygens (including phenoxy) is 1. The molecule has 2 atom stereocenters. The number of benzene rings is 1. The minimum Gasteiger partial charge on any atom is -0.380 e. The summed E-state index contributed by atoms with van der Waals surface area (Å²) < 4.78 is 5.35. The Labute approximate surface area is 202 Å². The molecule has 2 saturated carbocycles. The van der Waals surface area contributed by atoms with E-state index in [4.69, 9.17) is 4.74 Å². The quantitative estimate of drug-likeness (QED) is 0.685. The number of carbonyl (C=O) groups is 3. The average molecular weight is 467 g/mol. The van der Waals surface area contributed by atoms with Gasteiger partial charge in [0, 0.05) is 35.9 Å². The molecule has 2 saturated heterocycles. The standard InChI is InChI=1S/C28H38N2O4/c1-19(31)25(20-7-3-2-4-8-20)29-26(32)22-10-5-9-21(13-22)23-11-6-12-30(16-23)27(33)24-14-28(15-24)17-34-18-28/h5,9-10,13,20,23-25H,2-4,6-8,11-12,14-18H2,1H3,(H,29,32)/t23?,25-/m0/s1. The molecule has 1 unspecified atom stereocenters. The van der Waals surface area contributed by atoms with Crippen molar-refractivity contribution in [3.8, 4) is 0 Å². The van der Waals surface area contributed by atoms with Gasteiger partial charge in [0.2, 0.25) is 5.91 Å². The Kier molecular flexibility index (Phi) is 6.79. The van der Waals surface area contributed by atoms with E-state index in [-0.39, 0.29) is 29.4 Å². The van der Waals surface area contributed by atoms with Gasteiger partial charge in [0.1, 0.15) is 0 Å². The molecular weight excluding hydrogens is 428 g/mol. The van der Waals surface area contributed by atoms with E-state index >= 15 is 0 Å². The van der Waals surface area contributed by atoms with Crippen molar-refractivity contribution in [2.75, 3.05) is 26.3 Å². The summed E-state index contributed by atoms with van der Waals surface area (Å²) in [5.74, 6) is 0.820. The first-order valence-corrected chi connectivity index (χ1v) is 13.2. The number of rotatable bonds is 6. The second kappa shape index (κ2) is 9.80. The molecule has 0 radical (unpaired) electrons. The van der Waals surface area contributed by atoms with Crippen molar-refractivity contribution in [3.05, 3.63) is 35.4 Å². The zero-order chi connectivity index (χ0) is 23.7. The summed E-state index contributed by atoms with van der Waals surface area (Å²) in [6.45, 7) is 4.78. The predicted octanol–water partition coefficient (Wildman–Crippen LogP) is 4.09. The molecule has 34 heavy (non-hydrogen) atoms. The maximum Gasteiger partial charge on any atom is 0.251 e. The summed E-state index contributed by atoms with van der Waals surface area (Å²) >= 11 is 0. The van der Waals surface area contributed by atoms with Gasteiger partial charge >= 0.3 is 0 Å². The Morgan fingerprint density at radius 2 is 1.82 bits per heavy atom. The number of piperidine rings is 1. The molecule has 4 fully saturated rings. The summed E-state index contributed by atoms with van der Waals surface area (Å²) in [5, 5.41) is 3.05. The average Bonchev–Trinajstić information content (AvgIpc) is 2.81. The van der Waals surface area contributed by atoms with Gasteiger partial charge in [-0.2, -0.15) is 0 Å². The minimum atomic E-state index is -0.397. The molecule has 2 aliphatic carbocycles. The highest BCUT2D eigenvalue weighted by molar-refractivity contribution is 5.97. The first kappa shape index (κ1) is 23.5. The molecule has 2 amide bonds. The molecule has 1 aromatic rings. The van der Waals surface area contributed by atoms with Crippen LogP contribution in [0, 0.1) is 17.3 Å². The lowest BCUT2D eigenvalue weighted by atomic mass is 9.60. The minimum absolute atomic E-state index is 0.0454. The number of Topliss-reactive ketones (excluding diaryl/α,β-unsaturated/α-hetero) is 1. The Morgan fingerprint density at radius 1 is 1.06 bits per heavy atom. The summed E-state index contributed by atoms with van der Waals surface area (Å²) in [6, 6.07) is 7.41. The van der Waals surface area contributed by atoms with E-state index in [1.807, 2.05) is 23.1 Å². The maximum absolute atomic E-state index is 13.1. The molecule has 6 nitrogen and oxygen atoms in total. The molecule has 0 aromatic heterocycles. The summed E-state index contributed by atoms with van der Waals surface area (Å²) in [5.41, 5.74) is 2.01.